The number of aryl methyl sites for hydroxylation is 1. The number of carbonyl (C=O) groups excluding carboxylic acids is 1. The third kappa shape index (κ3) is 2.95. The monoisotopic (exact) mass is 336 g/mol. The summed E-state index contributed by atoms with van der Waals surface area (Å²) in [6, 6.07) is 9.74. The van der Waals surface area contributed by atoms with Gasteiger partial charge in [0.05, 0.1) is 18.0 Å². The van der Waals surface area contributed by atoms with E-state index >= 15 is 0 Å². The second-order valence-corrected chi connectivity index (χ2v) is 6.47. The Hall–Kier alpha value is -2.89. The summed E-state index contributed by atoms with van der Waals surface area (Å²) in [6.07, 6.45) is 6.89. The SMILES string of the molecule is Cc1cc(-n2cncn2)ccc1C(=O)N(C1CC1)[C@@H](C)c1ccco1. The second-order valence-electron chi connectivity index (χ2n) is 6.47. The number of rotatable bonds is 5. The molecule has 2 heterocycles. The molecule has 6 heteroatoms. The van der Waals surface area contributed by atoms with Gasteiger partial charge in [0.25, 0.3) is 5.91 Å². The van der Waals surface area contributed by atoms with E-state index in [4.69, 9.17) is 4.42 Å². The minimum Gasteiger partial charge on any atom is -0.467 e. The van der Waals surface area contributed by atoms with Crippen LogP contribution in [0.4, 0.5) is 0 Å². The molecule has 1 amide bonds. The molecular weight excluding hydrogens is 316 g/mol. The predicted octanol–water partition coefficient (Wildman–Crippen LogP) is 3.53. The van der Waals surface area contributed by atoms with Gasteiger partial charge in [0, 0.05) is 11.6 Å². The summed E-state index contributed by atoms with van der Waals surface area (Å²) >= 11 is 0. The van der Waals surface area contributed by atoms with Crippen molar-refractivity contribution in [2.75, 3.05) is 0 Å². The van der Waals surface area contributed by atoms with Gasteiger partial charge in [-0.3, -0.25) is 4.79 Å². The highest BCUT2D eigenvalue weighted by molar-refractivity contribution is 5.96. The van der Waals surface area contributed by atoms with Crippen molar-refractivity contribution in [2.45, 2.75) is 38.8 Å². The van der Waals surface area contributed by atoms with Crippen molar-refractivity contribution in [1.82, 2.24) is 19.7 Å². The molecule has 4 rings (SSSR count). The number of furan rings is 1. The molecule has 1 saturated carbocycles. The van der Waals surface area contributed by atoms with Crippen molar-refractivity contribution < 1.29 is 9.21 Å². The molecule has 0 unspecified atom stereocenters. The summed E-state index contributed by atoms with van der Waals surface area (Å²) in [5, 5.41) is 4.14. The van der Waals surface area contributed by atoms with E-state index in [2.05, 4.69) is 10.1 Å². The maximum absolute atomic E-state index is 13.2. The number of amides is 1. The topological polar surface area (TPSA) is 64.2 Å². The van der Waals surface area contributed by atoms with Crippen LogP contribution in [-0.4, -0.2) is 31.6 Å². The molecule has 0 aliphatic heterocycles. The summed E-state index contributed by atoms with van der Waals surface area (Å²) in [5.74, 6) is 0.867. The van der Waals surface area contributed by atoms with E-state index in [1.54, 1.807) is 17.3 Å². The summed E-state index contributed by atoms with van der Waals surface area (Å²) in [6.45, 7) is 3.98. The minimum absolute atomic E-state index is 0.0500. The third-order valence-electron chi connectivity index (χ3n) is 4.67. The zero-order chi connectivity index (χ0) is 17.4. The van der Waals surface area contributed by atoms with Crippen molar-refractivity contribution in [1.29, 1.82) is 0 Å². The molecule has 0 bridgehead atoms. The maximum Gasteiger partial charge on any atom is 0.254 e. The number of nitrogens with zero attached hydrogens (tertiary/aromatic N) is 4. The van der Waals surface area contributed by atoms with E-state index < -0.39 is 0 Å². The quantitative estimate of drug-likeness (QED) is 0.715. The zero-order valence-corrected chi connectivity index (χ0v) is 14.3. The minimum atomic E-state index is -0.0793. The second kappa shape index (κ2) is 6.20. The standard InChI is InChI=1S/C19H20N4O2/c1-13-10-16(22-12-20-11-21-22)7-8-17(13)19(24)23(15-5-6-15)14(2)18-4-3-9-25-18/h3-4,7-12,14-15H,5-6H2,1-2H3/t14-/m0/s1. The third-order valence-corrected chi connectivity index (χ3v) is 4.67. The lowest BCUT2D eigenvalue weighted by atomic mass is 10.0. The van der Waals surface area contributed by atoms with Crippen LogP contribution in [-0.2, 0) is 0 Å². The van der Waals surface area contributed by atoms with E-state index in [0.29, 0.717) is 11.6 Å². The van der Waals surface area contributed by atoms with Crippen LogP contribution in [0.3, 0.4) is 0 Å². The normalized spacial score (nSPS) is 15.1. The van der Waals surface area contributed by atoms with Crippen LogP contribution in [0.5, 0.6) is 0 Å². The molecule has 0 radical (unpaired) electrons. The zero-order valence-electron chi connectivity index (χ0n) is 14.3. The van der Waals surface area contributed by atoms with Gasteiger partial charge in [-0.15, -0.1) is 0 Å². The molecule has 2 aromatic heterocycles. The lowest BCUT2D eigenvalue weighted by Gasteiger charge is -2.28. The molecule has 1 aliphatic rings. The average molecular weight is 336 g/mol. The first-order chi connectivity index (χ1) is 12.1. The van der Waals surface area contributed by atoms with E-state index in [-0.39, 0.29) is 11.9 Å². The molecule has 0 N–H and O–H groups in total. The van der Waals surface area contributed by atoms with Crippen molar-refractivity contribution in [2.24, 2.45) is 0 Å². The van der Waals surface area contributed by atoms with Crippen LogP contribution in [0.25, 0.3) is 5.69 Å². The molecule has 128 valence electrons. The average Bonchev–Trinajstić information content (AvgIpc) is 3.08. The molecule has 0 saturated heterocycles. The van der Waals surface area contributed by atoms with Gasteiger partial charge in [-0.2, -0.15) is 5.10 Å². The molecule has 1 aromatic carbocycles. The van der Waals surface area contributed by atoms with Crippen LogP contribution in [0.1, 0.15) is 47.5 Å². The number of hydrogen-bond donors (Lipinski definition) is 0. The Labute approximate surface area is 146 Å². The predicted molar refractivity (Wildman–Crippen MR) is 92.4 cm³/mol. The molecule has 1 atom stereocenters. The Morgan fingerprint density at radius 3 is 2.80 bits per heavy atom. The Bertz CT molecular complexity index is 867. The van der Waals surface area contributed by atoms with E-state index in [1.165, 1.54) is 6.33 Å². The number of hydrogen-bond acceptors (Lipinski definition) is 4. The summed E-state index contributed by atoms with van der Waals surface area (Å²) in [5.41, 5.74) is 2.54. The van der Waals surface area contributed by atoms with Gasteiger partial charge >= 0.3 is 0 Å². The first-order valence-electron chi connectivity index (χ1n) is 8.47. The molecule has 25 heavy (non-hydrogen) atoms. The van der Waals surface area contributed by atoms with E-state index in [9.17, 15) is 4.79 Å². The van der Waals surface area contributed by atoms with Crippen LogP contribution in [0.2, 0.25) is 0 Å². The lowest BCUT2D eigenvalue weighted by molar-refractivity contribution is 0.0652. The summed E-state index contributed by atoms with van der Waals surface area (Å²) in [4.78, 5) is 19.1. The Morgan fingerprint density at radius 2 is 2.20 bits per heavy atom. The number of aromatic nitrogens is 3. The molecule has 3 aromatic rings. The van der Waals surface area contributed by atoms with Gasteiger partial charge in [0.15, 0.2) is 0 Å². The van der Waals surface area contributed by atoms with E-state index in [0.717, 1.165) is 29.9 Å². The van der Waals surface area contributed by atoms with Gasteiger partial charge in [0.2, 0.25) is 0 Å². The van der Waals surface area contributed by atoms with Crippen LogP contribution in [0.15, 0.2) is 53.7 Å². The van der Waals surface area contributed by atoms with Gasteiger partial charge in [0.1, 0.15) is 18.4 Å². The first kappa shape index (κ1) is 15.6. The van der Waals surface area contributed by atoms with E-state index in [1.807, 2.05) is 49.1 Å². The molecule has 6 nitrogen and oxygen atoms in total. The molecule has 1 fully saturated rings. The highest BCUT2D eigenvalue weighted by Gasteiger charge is 2.38. The Morgan fingerprint density at radius 1 is 1.36 bits per heavy atom. The van der Waals surface area contributed by atoms with Crippen molar-refractivity contribution in [3.8, 4) is 5.69 Å². The van der Waals surface area contributed by atoms with Crippen molar-refractivity contribution >= 4 is 5.91 Å². The Balaban J connectivity index is 1.64. The van der Waals surface area contributed by atoms with Gasteiger partial charge in [-0.1, -0.05) is 0 Å². The Kier molecular flexibility index (Phi) is 3.87. The number of benzene rings is 1. The van der Waals surface area contributed by atoms with Gasteiger partial charge < -0.3 is 9.32 Å². The first-order valence-corrected chi connectivity index (χ1v) is 8.47. The lowest BCUT2D eigenvalue weighted by Crippen LogP contribution is -2.35. The summed E-state index contributed by atoms with van der Waals surface area (Å²) < 4.78 is 7.21. The van der Waals surface area contributed by atoms with Gasteiger partial charge in [-0.05, 0) is 62.6 Å². The fourth-order valence-electron chi connectivity index (χ4n) is 3.19. The van der Waals surface area contributed by atoms with Crippen molar-refractivity contribution in [3.05, 3.63) is 66.1 Å². The fraction of sp³-hybridized carbons (Fsp3) is 0.316. The summed E-state index contributed by atoms with van der Waals surface area (Å²) in [7, 11) is 0. The molecule has 1 aliphatic carbocycles. The molecular formula is C19H20N4O2. The van der Waals surface area contributed by atoms with Crippen LogP contribution < -0.4 is 0 Å². The van der Waals surface area contributed by atoms with Crippen LogP contribution >= 0.6 is 0 Å². The smallest absolute Gasteiger partial charge is 0.254 e. The number of carbonyl (C=O) groups is 1. The fourth-order valence-corrected chi connectivity index (χ4v) is 3.19. The highest BCUT2D eigenvalue weighted by atomic mass is 16.3. The highest BCUT2D eigenvalue weighted by Crippen LogP contribution is 2.36. The van der Waals surface area contributed by atoms with Crippen molar-refractivity contribution in [3.63, 3.8) is 0 Å². The maximum atomic E-state index is 13.2. The molecule has 0 spiro atoms. The van der Waals surface area contributed by atoms with Gasteiger partial charge in [-0.25, -0.2) is 9.67 Å². The largest absolute Gasteiger partial charge is 0.467 e. The van der Waals surface area contributed by atoms with Crippen LogP contribution in [0, 0.1) is 6.92 Å².